The molecule has 0 atom stereocenters. The largest absolute Gasteiger partial charge is 1.00 e. The van der Waals surface area contributed by atoms with E-state index in [9.17, 15) is 10.1 Å². The van der Waals surface area contributed by atoms with E-state index in [-0.39, 0.29) is 22.0 Å². The van der Waals surface area contributed by atoms with Crippen LogP contribution < -0.4 is 21.5 Å². The number of rotatable bonds is 3. The Kier molecular flexibility index (Phi) is 4.90. The summed E-state index contributed by atoms with van der Waals surface area (Å²) in [6, 6.07) is 7.95. The lowest BCUT2D eigenvalue weighted by atomic mass is 10.2. The Morgan fingerprint density at radius 2 is 2.00 bits per heavy atom. The smallest absolute Gasteiger partial charge is 0.414 e. The Morgan fingerprint density at radius 3 is 2.65 bits per heavy atom. The van der Waals surface area contributed by atoms with Gasteiger partial charge in [-0.3, -0.25) is 10.1 Å². The van der Waals surface area contributed by atoms with Crippen molar-refractivity contribution in [2.75, 3.05) is 0 Å². The molecule has 0 saturated carbocycles. The summed E-state index contributed by atoms with van der Waals surface area (Å²) in [4.78, 5) is 10.4. The molecule has 0 amide bonds. The quantitative estimate of drug-likeness (QED) is 0.283. The number of nitro groups is 1. The van der Waals surface area contributed by atoms with Crippen LogP contribution in [0.3, 0.4) is 0 Å². The first-order chi connectivity index (χ1) is 10.5. The first-order valence-electron chi connectivity index (χ1n) is 6.58. The molecule has 0 bridgehead atoms. The molecule has 23 heavy (non-hydrogen) atoms. The number of hydrogen-bond acceptors (Lipinski definition) is 5. The Bertz CT molecular complexity index is 915. The average molecular weight is 396 g/mol. The van der Waals surface area contributed by atoms with E-state index in [2.05, 4.69) is 14.8 Å². The van der Waals surface area contributed by atoms with E-state index in [1.165, 1.54) is 6.20 Å². The van der Waals surface area contributed by atoms with Gasteiger partial charge in [0.2, 0.25) is 0 Å². The third-order valence-electron chi connectivity index (χ3n) is 3.58. The SMILES string of the molecule is Cc1c(N=Nc2sc([N+](=O)[O-])c[n+]2C)c2ccccc2n1C.[Br-]. The van der Waals surface area contributed by atoms with Gasteiger partial charge in [0.15, 0.2) is 6.20 Å². The first kappa shape index (κ1) is 17.2. The lowest BCUT2D eigenvalue weighted by Crippen LogP contribution is -3.00. The van der Waals surface area contributed by atoms with Gasteiger partial charge in [0.25, 0.3) is 0 Å². The van der Waals surface area contributed by atoms with Crippen molar-refractivity contribution in [2.45, 2.75) is 6.92 Å². The molecule has 0 N–H and O–H groups in total. The molecule has 3 rings (SSSR count). The number of benzene rings is 1. The first-order valence-corrected chi connectivity index (χ1v) is 7.40. The molecule has 2 aromatic heterocycles. The van der Waals surface area contributed by atoms with Gasteiger partial charge in [-0.25, -0.2) is 4.57 Å². The minimum absolute atomic E-state index is 0. The zero-order chi connectivity index (χ0) is 15.9. The van der Waals surface area contributed by atoms with Gasteiger partial charge in [0.1, 0.15) is 5.69 Å². The lowest BCUT2D eigenvalue weighted by molar-refractivity contribution is -0.656. The fourth-order valence-corrected chi connectivity index (χ4v) is 3.06. The van der Waals surface area contributed by atoms with Crippen molar-refractivity contribution in [3.8, 4) is 0 Å². The average Bonchev–Trinajstić information content (AvgIpc) is 2.98. The molecule has 0 aliphatic heterocycles. The van der Waals surface area contributed by atoms with Gasteiger partial charge in [-0.2, -0.15) is 0 Å². The molecule has 0 aliphatic carbocycles. The molecule has 0 aliphatic rings. The van der Waals surface area contributed by atoms with Gasteiger partial charge in [-0.05, 0) is 18.1 Å². The van der Waals surface area contributed by atoms with Gasteiger partial charge in [0.05, 0.1) is 22.6 Å². The number of fused-ring (bicyclic) bond motifs is 1. The molecular weight excluding hydrogens is 382 g/mol. The molecule has 9 heteroatoms. The maximum Gasteiger partial charge on any atom is 0.414 e. The van der Waals surface area contributed by atoms with Crippen LogP contribution in [0.2, 0.25) is 0 Å². The van der Waals surface area contributed by atoms with Gasteiger partial charge in [0, 0.05) is 29.5 Å². The zero-order valence-corrected chi connectivity index (χ0v) is 15.1. The number of nitrogens with zero attached hydrogens (tertiary/aromatic N) is 5. The maximum atomic E-state index is 10.8. The summed E-state index contributed by atoms with van der Waals surface area (Å²) >= 11 is 1.00. The second kappa shape index (κ2) is 6.55. The predicted molar refractivity (Wildman–Crippen MR) is 84.0 cm³/mol. The van der Waals surface area contributed by atoms with Crippen molar-refractivity contribution < 1.29 is 26.5 Å². The van der Waals surface area contributed by atoms with Gasteiger partial charge >= 0.3 is 10.1 Å². The van der Waals surface area contributed by atoms with Gasteiger partial charge in [-0.1, -0.05) is 18.2 Å². The van der Waals surface area contributed by atoms with Crippen molar-refractivity contribution in [1.82, 2.24) is 4.57 Å². The number of para-hydroxylation sites is 1. The van der Waals surface area contributed by atoms with E-state index < -0.39 is 4.92 Å². The number of azo groups is 1. The highest BCUT2D eigenvalue weighted by atomic mass is 79.9. The molecule has 0 radical (unpaired) electrons. The number of halogens is 1. The normalized spacial score (nSPS) is 11.1. The molecule has 1 aromatic carbocycles. The number of aromatic nitrogens is 2. The molecule has 3 aromatic rings. The fourth-order valence-electron chi connectivity index (χ4n) is 2.31. The minimum atomic E-state index is -0.424. The van der Waals surface area contributed by atoms with Crippen LogP contribution in [0.15, 0.2) is 40.7 Å². The van der Waals surface area contributed by atoms with E-state index in [1.54, 1.807) is 11.6 Å². The summed E-state index contributed by atoms with van der Waals surface area (Å²) in [5.41, 5.74) is 2.86. The molecule has 0 saturated heterocycles. The molecule has 0 fully saturated rings. The molecule has 7 nitrogen and oxygen atoms in total. The summed E-state index contributed by atoms with van der Waals surface area (Å²) < 4.78 is 3.66. The second-order valence-corrected chi connectivity index (χ2v) is 5.92. The van der Waals surface area contributed by atoms with E-state index in [0.717, 1.165) is 33.6 Å². The van der Waals surface area contributed by atoms with Crippen molar-refractivity contribution in [1.29, 1.82) is 0 Å². The van der Waals surface area contributed by atoms with E-state index >= 15 is 0 Å². The van der Waals surface area contributed by atoms with Gasteiger partial charge in [-0.15, -0.1) is 0 Å². The van der Waals surface area contributed by atoms with Crippen molar-refractivity contribution in [2.24, 2.45) is 24.3 Å². The standard InChI is InChI=1S/C14H14N5O2S.BrH/c1-9-13(10-6-4-5-7-11(10)18(9)3)15-16-14-17(2)8-12(22-14)19(20)21;/h4-8H,1-3H3;1H/q+1;/p-1. The van der Waals surface area contributed by atoms with Crippen LogP contribution in [0, 0.1) is 17.0 Å². The summed E-state index contributed by atoms with van der Waals surface area (Å²) in [5.74, 6) is 0. The van der Waals surface area contributed by atoms with E-state index in [0.29, 0.717) is 5.13 Å². The number of thiazole rings is 1. The van der Waals surface area contributed by atoms with Crippen LogP contribution in [0.5, 0.6) is 0 Å². The monoisotopic (exact) mass is 395 g/mol. The summed E-state index contributed by atoms with van der Waals surface area (Å²) in [6.07, 6.45) is 1.44. The Morgan fingerprint density at radius 1 is 1.30 bits per heavy atom. The maximum absolute atomic E-state index is 10.8. The van der Waals surface area contributed by atoms with Crippen LogP contribution in [-0.4, -0.2) is 9.49 Å². The van der Waals surface area contributed by atoms with Crippen LogP contribution in [0.1, 0.15) is 5.69 Å². The zero-order valence-electron chi connectivity index (χ0n) is 12.7. The Balaban J connectivity index is 0.00000192. The number of aryl methyl sites for hydroxylation is 2. The van der Waals surface area contributed by atoms with E-state index in [1.807, 2.05) is 38.2 Å². The highest BCUT2D eigenvalue weighted by Gasteiger charge is 2.22. The predicted octanol–water partition coefficient (Wildman–Crippen LogP) is 0.700. The van der Waals surface area contributed by atoms with E-state index in [4.69, 9.17) is 0 Å². The lowest BCUT2D eigenvalue weighted by Gasteiger charge is -1.96. The number of hydrogen-bond donors (Lipinski definition) is 0. The third-order valence-corrected chi connectivity index (χ3v) is 4.60. The summed E-state index contributed by atoms with van der Waals surface area (Å²) in [5, 5.41) is 20.9. The van der Waals surface area contributed by atoms with Crippen LogP contribution in [0.25, 0.3) is 10.9 Å². The molecule has 2 heterocycles. The molecule has 0 unspecified atom stereocenters. The summed E-state index contributed by atoms with van der Waals surface area (Å²) in [7, 11) is 3.69. The minimum Gasteiger partial charge on any atom is -1.00 e. The van der Waals surface area contributed by atoms with Crippen molar-refractivity contribution in [3.05, 3.63) is 46.3 Å². The van der Waals surface area contributed by atoms with Crippen LogP contribution >= 0.6 is 11.3 Å². The Hall–Kier alpha value is -2.13. The molecular formula is C14H14BrN5O2S. The summed E-state index contributed by atoms with van der Waals surface area (Å²) in [6.45, 7) is 1.98. The highest BCUT2D eigenvalue weighted by Crippen LogP contribution is 2.34. The topological polar surface area (TPSA) is 76.7 Å². The highest BCUT2D eigenvalue weighted by molar-refractivity contribution is 7.17. The molecule has 120 valence electrons. The molecule has 0 spiro atoms. The van der Waals surface area contributed by atoms with Gasteiger partial charge < -0.3 is 21.5 Å². The Labute approximate surface area is 146 Å². The van der Waals surface area contributed by atoms with Crippen LogP contribution in [-0.2, 0) is 14.1 Å². The van der Waals surface area contributed by atoms with Crippen LogP contribution in [0.4, 0.5) is 15.8 Å². The van der Waals surface area contributed by atoms with Crippen molar-refractivity contribution in [3.63, 3.8) is 0 Å². The third kappa shape index (κ3) is 3.02. The second-order valence-electron chi connectivity index (χ2n) is 4.93. The van der Waals surface area contributed by atoms with Crippen molar-refractivity contribution >= 4 is 38.1 Å². The fraction of sp³-hybridized carbons (Fsp3) is 0.214.